The smallest absolute Gasteiger partial charge is 0.258 e. The van der Waals surface area contributed by atoms with Crippen LogP contribution in [0.3, 0.4) is 0 Å². The number of aryl methyl sites for hydroxylation is 3. The Bertz CT molecular complexity index is 983. The van der Waals surface area contributed by atoms with Gasteiger partial charge >= 0.3 is 0 Å². The number of nitrogens with zero attached hydrogens (tertiary/aromatic N) is 2. The van der Waals surface area contributed by atoms with Crippen LogP contribution in [-0.4, -0.2) is 33.7 Å². The lowest BCUT2D eigenvalue weighted by Gasteiger charge is -2.30. The summed E-state index contributed by atoms with van der Waals surface area (Å²) in [6.45, 7) is 7.06. The van der Waals surface area contributed by atoms with Crippen molar-refractivity contribution in [2.45, 2.75) is 33.6 Å². The Kier molecular flexibility index (Phi) is 5.29. The number of hydrogen-bond acceptors (Lipinski definition) is 3. The van der Waals surface area contributed by atoms with Crippen LogP contribution in [0.5, 0.6) is 0 Å². The summed E-state index contributed by atoms with van der Waals surface area (Å²) < 4.78 is 25.5. The molecule has 5 nitrogen and oxygen atoms in total. The van der Waals surface area contributed by atoms with Crippen LogP contribution in [0.2, 0.25) is 0 Å². The predicted molar refractivity (Wildman–Crippen MR) is 110 cm³/mol. The minimum atomic E-state index is -3.31. The normalized spacial score (nSPS) is 14.0. The van der Waals surface area contributed by atoms with Gasteiger partial charge in [0.05, 0.1) is 11.9 Å². The molecule has 0 aliphatic carbocycles. The molecule has 0 spiro atoms. The Morgan fingerprint density at radius 1 is 1.15 bits per heavy atom. The molecule has 0 saturated heterocycles. The maximum absolute atomic E-state index is 13.2. The molecule has 6 heteroatoms. The van der Waals surface area contributed by atoms with Crippen LogP contribution in [-0.2, 0) is 16.4 Å². The zero-order valence-electron chi connectivity index (χ0n) is 16.3. The summed E-state index contributed by atoms with van der Waals surface area (Å²) in [6, 6.07) is 11.4. The number of fused-ring (bicyclic) bond motifs is 1. The zero-order valence-corrected chi connectivity index (χ0v) is 17.1. The highest BCUT2D eigenvalue weighted by Crippen LogP contribution is 2.31. The molecule has 144 valence electrons. The summed E-state index contributed by atoms with van der Waals surface area (Å²) in [5.41, 5.74) is 5.32. The molecule has 2 aromatic rings. The van der Waals surface area contributed by atoms with Gasteiger partial charge in [0.25, 0.3) is 5.91 Å². The second-order valence-corrected chi connectivity index (χ2v) is 9.03. The first-order chi connectivity index (χ1) is 12.7. The third-order valence-electron chi connectivity index (χ3n) is 5.01. The van der Waals surface area contributed by atoms with Gasteiger partial charge in [0.2, 0.25) is 10.0 Å². The molecular formula is C21H26N2O3S. The second-order valence-electron chi connectivity index (χ2n) is 7.12. The molecule has 0 unspecified atom stereocenters. The number of carbonyl (C=O) groups excluding carboxylic acids is 1. The van der Waals surface area contributed by atoms with Crippen molar-refractivity contribution in [3.05, 3.63) is 58.7 Å². The Morgan fingerprint density at radius 2 is 1.89 bits per heavy atom. The molecule has 1 heterocycles. The number of anilines is 2. The van der Waals surface area contributed by atoms with Crippen molar-refractivity contribution >= 4 is 27.3 Å². The number of sulfonamides is 1. The molecule has 0 saturated carbocycles. The van der Waals surface area contributed by atoms with Crippen LogP contribution in [0.25, 0.3) is 0 Å². The lowest BCUT2D eigenvalue weighted by Crippen LogP contribution is -2.35. The Morgan fingerprint density at radius 3 is 2.52 bits per heavy atom. The molecule has 1 aliphatic heterocycles. The predicted octanol–water partition coefficient (Wildman–Crippen LogP) is 3.68. The van der Waals surface area contributed by atoms with E-state index < -0.39 is 10.0 Å². The van der Waals surface area contributed by atoms with Crippen molar-refractivity contribution in [3.8, 4) is 0 Å². The van der Waals surface area contributed by atoms with Crippen LogP contribution >= 0.6 is 0 Å². The molecule has 0 bridgehead atoms. The fourth-order valence-corrected chi connectivity index (χ4v) is 4.72. The number of amides is 1. The van der Waals surface area contributed by atoms with E-state index >= 15 is 0 Å². The Balaban J connectivity index is 1.97. The average molecular weight is 387 g/mol. The SMILES string of the molecule is CCN(C(=O)c1ccc2c(c1)CCCN2S(C)(=O)=O)c1ccc(C)cc1C. The van der Waals surface area contributed by atoms with Crippen LogP contribution in [0, 0.1) is 13.8 Å². The third kappa shape index (κ3) is 3.86. The summed E-state index contributed by atoms with van der Waals surface area (Å²) in [6.07, 6.45) is 2.75. The van der Waals surface area contributed by atoms with Crippen molar-refractivity contribution < 1.29 is 13.2 Å². The summed E-state index contributed by atoms with van der Waals surface area (Å²) in [5, 5.41) is 0. The van der Waals surface area contributed by atoms with Crippen molar-refractivity contribution in [1.82, 2.24) is 0 Å². The maximum atomic E-state index is 13.2. The van der Waals surface area contributed by atoms with Crippen molar-refractivity contribution in [1.29, 1.82) is 0 Å². The van der Waals surface area contributed by atoms with Crippen LogP contribution < -0.4 is 9.21 Å². The molecule has 1 aliphatic rings. The monoisotopic (exact) mass is 386 g/mol. The number of rotatable bonds is 4. The molecule has 2 aromatic carbocycles. The fourth-order valence-electron chi connectivity index (χ4n) is 3.73. The van der Waals surface area contributed by atoms with Gasteiger partial charge in [-0.05, 0) is 69.0 Å². The van der Waals surface area contributed by atoms with Gasteiger partial charge in [-0.25, -0.2) is 8.42 Å². The summed E-state index contributed by atoms with van der Waals surface area (Å²) >= 11 is 0. The Labute approximate surface area is 161 Å². The number of hydrogen-bond donors (Lipinski definition) is 0. The first-order valence-corrected chi connectivity index (χ1v) is 11.1. The van der Waals surface area contributed by atoms with E-state index in [1.54, 1.807) is 17.0 Å². The Hall–Kier alpha value is -2.34. The van der Waals surface area contributed by atoms with Gasteiger partial charge < -0.3 is 4.90 Å². The lowest BCUT2D eigenvalue weighted by atomic mass is 10.00. The molecule has 0 N–H and O–H groups in total. The summed E-state index contributed by atoms with van der Waals surface area (Å²) in [7, 11) is -3.31. The quantitative estimate of drug-likeness (QED) is 0.805. The van der Waals surface area contributed by atoms with Crippen molar-refractivity contribution in [2.24, 2.45) is 0 Å². The van der Waals surface area contributed by atoms with Gasteiger partial charge in [0.15, 0.2) is 0 Å². The molecule has 0 fully saturated rings. The lowest BCUT2D eigenvalue weighted by molar-refractivity contribution is 0.0988. The van der Waals surface area contributed by atoms with E-state index in [0.717, 1.165) is 35.2 Å². The molecule has 3 rings (SSSR count). The van der Waals surface area contributed by atoms with Gasteiger partial charge in [-0.2, -0.15) is 0 Å². The first kappa shape index (κ1) is 19.4. The van der Waals surface area contributed by atoms with E-state index in [9.17, 15) is 13.2 Å². The number of carbonyl (C=O) groups is 1. The maximum Gasteiger partial charge on any atom is 0.258 e. The molecular weight excluding hydrogens is 360 g/mol. The minimum Gasteiger partial charge on any atom is -0.308 e. The molecule has 0 radical (unpaired) electrons. The van der Waals surface area contributed by atoms with Crippen LogP contribution in [0.4, 0.5) is 11.4 Å². The van der Waals surface area contributed by atoms with E-state index in [1.807, 2.05) is 39.0 Å². The van der Waals surface area contributed by atoms with Gasteiger partial charge in [-0.3, -0.25) is 9.10 Å². The van der Waals surface area contributed by atoms with Crippen LogP contribution in [0.15, 0.2) is 36.4 Å². The molecule has 27 heavy (non-hydrogen) atoms. The van der Waals surface area contributed by atoms with E-state index in [1.165, 1.54) is 10.6 Å². The molecule has 0 aromatic heterocycles. The molecule has 1 amide bonds. The van der Waals surface area contributed by atoms with Gasteiger partial charge in [-0.1, -0.05) is 17.7 Å². The third-order valence-corrected chi connectivity index (χ3v) is 6.19. The average Bonchev–Trinajstić information content (AvgIpc) is 2.62. The molecule has 0 atom stereocenters. The van der Waals surface area contributed by atoms with Gasteiger partial charge in [0, 0.05) is 24.3 Å². The highest BCUT2D eigenvalue weighted by molar-refractivity contribution is 7.92. The first-order valence-electron chi connectivity index (χ1n) is 9.22. The van der Waals surface area contributed by atoms with E-state index in [2.05, 4.69) is 6.07 Å². The van der Waals surface area contributed by atoms with Crippen LogP contribution in [0.1, 0.15) is 40.4 Å². The summed E-state index contributed by atoms with van der Waals surface area (Å²) in [4.78, 5) is 14.9. The van der Waals surface area contributed by atoms with Gasteiger partial charge in [0.1, 0.15) is 0 Å². The van der Waals surface area contributed by atoms with Crippen molar-refractivity contribution in [2.75, 3.05) is 28.6 Å². The summed E-state index contributed by atoms with van der Waals surface area (Å²) in [5.74, 6) is -0.0660. The zero-order chi connectivity index (χ0) is 19.8. The second kappa shape index (κ2) is 7.35. The topological polar surface area (TPSA) is 57.7 Å². The van der Waals surface area contributed by atoms with E-state index in [-0.39, 0.29) is 5.91 Å². The number of benzene rings is 2. The van der Waals surface area contributed by atoms with Gasteiger partial charge in [-0.15, -0.1) is 0 Å². The largest absolute Gasteiger partial charge is 0.308 e. The minimum absolute atomic E-state index is 0.0660. The standard InChI is InChI=1S/C21H26N2O3S/c1-5-22(19-10-8-15(2)13-16(19)3)21(24)18-9-11-20-17(14-18)7-6-12-23(20)27(4,25)26/h8-11,13-14H,5-7,12H2,1-4H3. The van der Waals surface area contributed by atoms with E-state index in [4.69, 9.17) is 0 Å². The highest BCUT2D eigenvalue weighted by atomic mass is 32.2. The van der Waals surface area contributed by atoms with E-state index in [0.29, 0.717) is 24.3 Å². The fraction of sp³-hybridized carbons (Fsp3) is 0.381. The highest BCUT2D eigenvalue weighted by Gasteiger charge is 2.26. The van der Waals surface area contributed by atoms with Crippen molar-refractivity contribution in [3.63, 3.8) is 0 Å².